The van der Waals surface area contributed by atoms with Gasteiger partial charge in [0.25, 0.3) is 0 Å². The molecular weight excluding hydrogens is 345 g/mol. The SMILES string of the molecule is COc1ccc(F)c(-c2ccc(CBr)nc2CC(C)(C)C)c1. The van der Waals surface area contributed by atoms with Gasteiger partial charge in [-0.15, -0.1) is 0 Å². The van der Waals surface area contributed by atoms with Crippen molar-refractivity contribution in [2.75, 3.05) is 7.11 Å². The lowest BCUT2D eigenvalue weighted by Gasteiger charge is -2.20. The monoisotopic (exact) mass is 365 g/mol. The van der Waals surface area contributed by atoms with E-state index in [4.69, 9.17) is 9.72 Å². The molecule has 0 aliphatic rings. The van der Waals surface area contributed by atoms with Gasteiger partial charge in [0, 0.05) is 22.2 Å². The first-order valence-electron chi connectivity index (χ1n) is 7.23. The molecule has 2 nitrogen and oxygen atoms in total. The topological polar surface area (TPSA) is 22.1 Å². The lowest BCUT2D eigenvalue weighted by Crippen LogP contribution is -2.12. The smallest absolute Gasteiger partial charge is 0.131 e. The Morgan fingerprint density at radius 2 is 1.86 bits per heavy atom. The van der Waals surface area contributed by atoms with Gasteiger partial charge in [-0.05, 0) is 36.1 Å². The van der Waals surface area contributed by atoms with Gasteiger partial charge in [0.1, 0.15) is 11.6 Å². The fourth-order valence-electron chi connectivity index (χ4n) is 2.34. The van der Waals surface area contributed by atoms with E-state index in [9.17, 15) is 4.39 Å². The summed E-state index contributed by atoms with van der Waals surface area (Å²) in [6.07, 6.45) is 0.778. The van der Waals surface area contributed by atoms with E-state index in [0.717, 1.165) is 23.4 Å². The highest BCUT2D eigenvalue weighted by molar-refractivity contribution is 9.08. The summed E-state index contributed by atoms with van der Waals surface area (Å²) in [4.78, 5) is 4.70. The third-order valence-corrected chi connectivity index (χ3v) is 3.90. The highest BCUT2D eigenvalue weighted by Gasteiger charge is 2.19. The van der Waals surface area contributed by atoms with Gasteiger partial charge < -0.3 is 4.74 Å². The number of ether oxygens (including phenoxy) is 1. The Balaban J connectivity index is 2.59. The Hall–Kier alpha value is -1.42. The van der Waals surface area contributed by atoms with Crippen molar-refractivity contribution in [3.63, 3.8) is 0 Å². The maximum absolute atomic E-state index is 14.3. The van der Waals surface area contributed by atoms with Gasteiger partial charge in [-0.25, -0.2) is 4.39 Å². The molecule has 0 aliphatic carbocycles. The van der Waals surface area contributed by atoms with Crippen LogP contribution in [0.15, 0.2) is 30.3 Å². The zero-order chi connectivity index (χ0) is 16.3. The molecule has 0 saturated carbocycles. The molecule has 0 amide bonds. The van der Waals surface area contributed by atoms with E-state index in [-0.39, 0.29) is 11.2 Å². The third-order valence-electron chi connectivity index (χ3n) is 3.33. The molecule has 0 radical (unpaired) electrons. The molecule has 0 saturated heterocycles. The summed E-state index contributed by atoms with van der Waals surface area (Å²) in [5.41, 5.74) is 3.30. The molecule has 4 heteroatoms. The van der Waals surface area contributed by atoms with Crippen LogP contribution < -0.4 is 4.74 Å². The highest BCUT2D eigenvalue weighted by Crippen LogP contribution is 2.32. The first-order chi connectivity index (χ1) is 10.3. The number of aromatic nitrogens is 1. The maximum atomic E-state index is 14.3. The molecule has 22 heavy (non-hydrogen) atoms. The average Bonchev–Trinajstić information content (AvgIpc) is 2.46. The van der Waals surface area contributed by atoms with Crippen LogP contribution >= 0.6 is 15.9 Å². The molecule has 2 rings (SSSR count). The van der Waals surface area contributed by atoms with Gasteiger partial charge in [-0.3, -0.25) is 4.98 Å². The van der Waals surface area contributed by atoms with Crippen molar-refractivity contribution >= 4 is 15.9 Å². The lowest BCUT2D eigenvalue weighted by molar-refractivity contribution is 0.406. The average molecular weight is 366 g/mol. The maximum Gasteiger partial charge on any atom is 0.131 e. The van der Waals surface area contributed by atoms with Crippen LogP contribution in [-0.2, 0) is 11.8 Å². The molecule has 0 fully saturated rings. The van der Waals surface area contributed by atoms with Gasteiger partial charge in [-0.1, -0.05) is 42.8 Å². The zero-order valence-corrected chi connectivity index (χ0v) is 15.0. The first kappa shape index (κ1) is 16.9. The van der Waals surface area contributed by atoms with Crippen molar-refractivity contribution < 1.29 is 9.13 Å². The van der Waals surface area contributed by atoms with E-state index in [1.54, 1.807) is 19.2 Å². The number of hydrogen-bond acceptors (Lipinski definition) is 2. The molecule has 1 aromatic heterocycles. The second-order valence-corrected chi connectivity index (χ2v) is 7.07. The van der Waals surface area contributed by atoms with E-state index < -0.39 is 0 Å². The number of halogens is 2. The van der Waals surface area contributed by atoms with Crippen LogP contribution in [0.1, 0.15) is 32.2 Å². The van der Waals surface area contributed by atoms with Crippen LogP contribution in [0.3, 0.4) is 0 Å². The Bertz CT molecular complexity index is 665. The molecule has 0 unspecified atom stereocenters. The predicted molar refractivity (Wildman–Crippen MR) is 92.0 cm³/mol. The third kappa shape index (κ3) is 4.07. The molecule has 0 bridgehead atoms. The fraction of sp³-hybridized carbons (Fsp3) is 0.389. The summed E-state index contributed by atoms with van der Waals surface area (Å²) in [7, 11) is 1.58. The summed E-state index contributed by atoms with van der Waals surface area (Å²) >= 11 is 3.43. The number of pyridine rings is 1. The van der Waals surface area contributed by atoms with Crippen LogP contribution in [-0.4, -0.2) is 12.1 Å². The van der Waals surface area contributed by atoms with Crippen LogP contribution in [0.4, 0.5) is 4.39 Å². The Morgan fingerprint density at radius 3 is 2.45 bits per heavy atom. The van der Waals surface area contributed by atoms with Gasteiger partial charge >= 0.3 is 0 Å². The Morgan fingerprint density at radius 1 is 1.14 bits per heavy atom. The zero-order valence-electron chi connectivity index (χ0n) is 13.4. The fourth-order valence-corrected chi connectivity index (χ4v) is 2.65. The number of nitrogens with zero attached hydrogens (tertiary/aromatic N) is 1. The lowest BCUT2D eigenvalue weighted by atomic mass is 9.87. The summed E-state index contributed by atoms with van der Waals surface area (Å²) in [6.45, 7) is 6.46. The second-order valence-electron chi connectivity index (χ2n) is 6.51. The summed E-state index contributed by atoms with van der Waals surface area (Å²) in [5, 5.41) is 0.686. The van der Waals surface area contributed by atoms with Crippen LogP contribution in [0, 0.1) is 11.2 Å². The quantitative estimate of drug-likeness (QED) is 0.678. The number of rotatable bonds is 4. The molecular formula is C18H21BrFNO. The molecule has 0 N–H and O–H groups in total. The summed E-state index contributed by atoms with van der Waals surface area (Å²) in [5.74, 6) is 0.382. The molecule has 2 aromatic rings. The predicted octanol–water partition coefficient (Wildman–Crippen LogP) is 5.38. The van der Waals surface area contributed by atoms with Crippen molar-refractivity contribution in [1.82, 2.24) is 4.98 Å². The molecule has 1 aromatic carbocycles. The summed E-state index contributed by atoms with van der Waals surface area (Å²) in [6, 6.07) is 8.67. The van der Waals surface area contributed by atoms with Crippen molar-refractivity contribution in [3.8, 4) is 16.9 Å². The normalized spacial score (nSPS) is 11.5. The van der Waals surface area contributed by atoms with Gasteiger partial charge in [-0.2, -0.15) is 0 Å². The molecule has 0 aliphatic heterocycles. The Kier molecular flexibility index (Phi) is 5.22. The van der Waals surface area contributed by atoms with Gasteiger partial charge in [0.05, 0.1) is 12.8 Å². The largest absolute Gasteiger partial charge is 0.497 e. The minimum atomic E-state index is -0.260. The minimum Gasteiger partial charge on any atom is -0.497 e. The van der Waals surface area contributed by atoms with Crippen molar-refractivity contribution in [2.24, 2.45) is 5.41 Å². The molecule has 1 heterocycles. The highest BCUT2D eigenvalue weighted by atomic mass is 79.9. The van der Waals surface area contributed by atoms with E-state index in [1.165, 1.54) is 6.07 Å². The Labute approximate surface area is 139 Å². The van der Waals surface area contributed by atoms with E-state index in [2.05, 4.69) is 36.7 Å². The van der Waals surface area contributed by atoms with Crippen LogP contribution in [0.2, 0.25) is 0 Å². The van der Waals surface area contributed by atoms with E-state index >= 15 is 0 Å². The number of hydrogen-bond donors (Lipinski definition) is 0. The standard InChI is InChI=1S/C18H21BrFNO/c1-18(2,3)10-17-14(7-5-12(11-19)21-17)15-9-13(22-4)6-8-16(15)20/h5-9H,10-11H2,1-4H3. The van der Waals surface area contributed by atoms with Crippen LogP contribution in [0.5, 0.6) is 5.75 Å². The molecule has 0 spiro atoms. The second kappa shape index (κ2) is 6.78. The van der Waals surface area contributed by atoms with Crippen molar-refractivity contribution in [2.45, 2.75) is 32.5 Å². The van der Waals surface area contributed by atoms with Crippen molar-refractivity contribution in [3.05, 3.63) is 47.5 Å². The number of benzene rings is 1. The van der Waals surface area contributed by atoms with E-state index in [1.807, 2.05) is 12.1 Å². The molecule has 118 valence electrons. The molecule has 0 atom stereocenters. The van der Waals surface area contributed by atoms with Gasteiger partial charge in [0.2, 0.25) is 0 Å². The van der Waals surface area contributed by atoms with Crippen molar-refractivity contribution in [1.29, 1.82) is 0 Å². The van der Waals surface area contributed by atoms with Gasteiger partial charge in [0.15, 0.2) is 0 Å². The van der Waals surface area contributed by atoms with E-state index in [0.29, 0.717) is 16.6 Å². The first-order valence-corrected chi connectivity index (χ1v) is 8.35. The number of methoxy groups -OCH3 is 1. The van der Waals surface area contributed by atoms with Crippen LogP contribution in [0.25, 0.3) is 11.1 Å². The summed E-state index contributed by atoms with van der Waals surface area (Å²) < 4.78 is 19.5. The minimum absolute atomic E-state index is 0.0715. The number of alkyl halides is 1.